The predicted molar refractivity (Wildman–Crippen MR) is 92.7 cm³/mol. The second-order valence-corrected chi connectivity index (χ2v) is 9.33. The number of sulfonamides is 1. The molecular weight excluding hydrogens is 344 g/mol. The van der Waals surface area contributed by atoms with Crippen LogP contribution in [0, 0.1) is 18.3 Å². The summed E-state index contributed by atoms with van der Waals surface area (Å²) < 4.78 is 32.6. The first kappa shape index (κ1) is 18.3. The van der Waals surface area contributed by atoms with Gasteiger partial charge in [0.15, 0.2) is 5.69 Å². The van der Waals surface area contributed by atoms with Crippen LogP contribution in [0.4, 0.5) is 0 Å². The van der Waals surface area contributed by atoms with Crippen LogP contribution in [0.5, 0.6) is 0 Å². The molecule has 3 heterocycles. The van der Waals surface area contributed by atoms with Gasteiger partial charge in [-0.2, -0.15) is 5.10 Å². The van der Waals surface area contributed by atoms with E-state index in [1.165, 1.54) is 10.6 Å². The summed E-state index contributed by atoms with van der Waals surface area (Å²) in [5, 5.41) is 4.27. The van der Waals surface area contributed by atoms with Crippen LogP contribution in [-0.2, 0) is 21.8 Å². The lowest BCUT2D eigenvalue weighted by atomic mass is 9.73. The van der Waals surface area contributed by atoms with Gasteiger partial charge in [-0.15, -0.1) is 0 Å². The fraction of sp³-hybridized carbons (Fsp3) is 0.750. The number of amides is 1. The van der Waals surface area contributed by atoms with E-state index in [9.17, 15) is 13.2 Å². The summed E-state index contributed by atoms with van der Waals surface area (Å²) in [6.07, 6.45) is 1.97. The van der Waals surface area contributed by atoms with Crippen molar-refractivity contribution in [2.24, 2.45) is 18.4 Å². The molecule has 2 fully saturated rings. The van der Waals surface area contributed by atoms with E-state index in [0.29, 0.717) is 38.5 Å². The Morgan fingerprint density at radius 2 is 2.16 bits per heavy atom. The third-order valence-electron chi connectivity index (χ3n) is 5.62. The van der Waals surface area contributed by atoms with Crippen LogP contribution < -0.4 is 0 Å². The van der Waals surface area contributed by atoms with Crippen LogP contribution in [0.25, 0.3) is 0 Å². The molecule has 0 saturated carbocycles. The monoisotopic (exact) mass is 370 g/mol. The number of carbonyl (C=O) groups excluding carboxylic acids is 1. The highest BCUT2D eigenvalue weighted by atomic mass is 32.2. The quantitative estimate of drug-likeness (QED) is 0.750. The standard InChI is InChI=1S/C16H26N4O4S/c1-12-7-14(17-18(12)2)15(21)19-6-5-16(11-24-3)10-20(25(4,22)23)9-13(16)8-19/h7,13H,5-6,8-11H2,1-4H3/t13-,16+/m1/s1. The van der Waals surface area contributed by atoms with E-state index >= 15 is 0 Å². The van der Waals surface area contributed by atoms with Crippen molar-refractivity contribution in [3.63, 3.8) is 0 Å². The first-order chi connectivity index (χ1) is 11.7. The fourth-order valence-corrected chi connectivity index (χ4v) is 4.96. The molecule has 0 radical (unpaired) electrons. The van der Waals surface area contributed by atoms with E-state index in [-0.39, 0.29) is 17.2 Å². The number of hydrogen-bond acceptors (Lipinski definition) is 5. The smallest absolute Gasteiger partial charge is 0.274 e. The van der Waals surface area contributed by atoms with E-state index < -0.39 is 10.0 Å². The predicted octanol–water partition coefficient (Wildman–Crippen LogP) is 0.0986. The molecule has 0 spiro atoms. The third-order valence-corrected chi connectivity index (χ3v) is 6.84. The highest BCUT2D eigenvalue weighted by molar-refractivity contribution is 7.88. The van der Waals surface area contributed by atoms with Crippen molar-refractivity contribution < 1.29 is 17.9 Å². The molecule has 1 amide bonds. The van der Waals surface area contributed by atoms with Gasteiger partial charge in [-0.3, -0.25) is 9.48 Å². The average Bonchev–Trinajstić information content (AvgIpc) is 3.07. The summed E-state index contributed by atoms with van der Waals surface area (Å²) in [4.78, 5) is 14.6. The fourth-order valence-electron chi connectivity index (χ4n) is 4.02. The number of nitrogens with zero attached hydrogens (tertiary/aromatic N) is 4. The Bertz CT molecular complexity index is 756. The molecular formula is C16H26N4O4S. The molecule has 0 unspecified atom stereocenters. The van der Waals surface area contributed by atoms with Crippen LogP contribution in [0.3, 0.4) is 0 Å². The first-order valence-corrected chi connectivity index (χ1v) is 10.2. The van der Waals surface area contributed by atoms with E-state index in [4.69, 9.17) is 4.74 Å². The summed E-state index contributed by atoms with van der Waals surface area (Å²) in [6, 6.07) is 1.79. The average molecular weight is 370 g/mol. The summed E-state index contributed by atoms with van der Waals surface area (Å²) in [7, 11) is 0.204. The summed E-state index contributed by atoms with van der Waals surface area (Å²) in [5.41, 5.74) is 1.16. The van der Waals surface area contributed by atoms with E-state index in [1.54, 1.807) is 22.8 Å². The number of carbonyl (C=O) groups is 1. The van der Waals surface area contributed by atoms with E-state index in [0.717, 1.165) is 12.1 Å². The molecule has 2 saturated heterocycles. The lowest BCUT2D eigenvalue weighted by Gasteiger charge is -2.42. The number of aromatic nitrogens is 2. The van der Waals surface area contributed by atoms with Crippen molar-refractivity contribution in [2.45, 2.75) is 13.3 Å². The van der Waals surface area contributed by atoms with Gasteiger partial charge in [-0.05, 0) is 25.3 Å². The van der Waals surface area contributed by atoms with Crippen LogP contribution in [0.1, 0.15) is 22.6 Å². The molecule has 3 rings (SSSR count). The van der Waals surface area contributed by atoms with E-state index in [1.807, 2.05) is 14.0 Å². The molecule has 2 aliphatic heterocycles. The number of rotatable bonds is 4. The highest BCUT2D eigenvalue weighted by Crippen LogP contribution is 2.44. The van der Waals surface area contributed by atoms with Gasteiger partial charge in [0.2, 0.25) is 10.0 Å². The minimum atomic E-state index is -3.25. The lowest BCUT2D eigenvalue weighted by Crippen LogP contribution is -2.51. The number of piperidine rings is 1. The molecule has 8 nitrogen and oxygen atoms in total. The second kappa shape index (κ2) is 6.37. The summed E-state index contributed by atoms with van der Waals surface area (Å²) >= 11 is 0. The molecule has 140 valence electrons. The number of aryl methyl sites for hydroxylation is 2. The highest BCUT2D eigenvalue weighted by Gasteiger charge is 2.52. The van der Waals surface area contributed by atoms with E-state index in [2.05, 4.69) is 5.10 Å². The molecule has 1 aromatic rings. The maximum absolute atomic E-state index is 12.8. The van der Waals surface area contributed by atoms with Gasteiger partial charge < -0.3 is 9.64 Å². The first-order valence-electron chi connectivity index (χ1n) is 8.40. The zero-order valence-corrected chi connectivity index (χ0v) is 16.0. The number of hydrogen-bond donors (Lipinski definition) is 0. The Kier molecular flexibility index (Phi) is 4.67. The molecule has 0 bridgehead atoms. The van der Waals surface area contributed by atoms with Gasteiger partial charge in [0.05, 0.1) is 12.9 Å². The Balaban J connectivity index is 1.80. The third kappa shape index (κ3) is 3.32. The number of likely N-dealkylation sites (tertiary alicyclic amines) is 1. The molecule has 0 N–H and O–H groups in total. The zero-order valence-electron chi connectivity index (χ0n) is 15.2. The number of ether oxygens (including phenoxy) is 1. The van der Waals surface area contributed by atoms with Gasteiger partial charge in [-0.1, -0.05) is 0 Å². The summed E-state index contributed by atoms with van der Waals surface area (Å²) in [5.74, 6) is -0.0165. The molecule has 25 heavy (non-hydrogen) atoms. The number of fused-ring (bicyclic) bond motifs is 1. The van der Waals surface area contributed by atoms with Gasteiger partial charge in [0, 0.05) is 51.4 Å². The zero-order chi connectivity index (χ0) is 18.4. The maximum atomic E-state index is 12.8. The Morgan fingerprint density at radius 1 is 1.44 bits per heavy atom. The summed E-state index contributed by atoms with van der Waals surface area (Å²) in [6.45, 7) is 4.44. The number of methoxy groups -OCH3 is 1. The minimum absolute atomic E-state index is 0.0738. The minimum Gasteiger partial charge on any atom is -0.384 e. The van der Waals surface area contributed by atoms with Crippen LogP contribution in [0.15, 0.2) is 6.07 Å². The molecule has 1 aromatic heterocycles. The van der Waals surface area contributed by atoms with Crippen molar-refractivity contribution in [3.8, 4) is 0 Å². The van der Waals surface area contributed by atoms with Gasteiger partial charge in [0.25, 0.3) is 5.91 Å². The van der Waals surface area contributed by atoms with Crippen LogP contribution in [0.2, 0.25) is 0 Å². The SMILES string of the molecule is COC[C@@]12CCN(C(=O)c3cc(C)n(C)n3)C[C@@H]1CN(S(C)(=O)=O)C2. The lowest BCUT2D eigenvalue weighted by molar-refractivity contribution is 0.00320. The van der Waals surface area contributed by atoms with Gasteiger partial charge >= 0.3 is 0 Å². The van der Waals surface area contributed by atoms with Crippen LogP contribution >= 0.6 is 0 Å². The van der Waals surface area contributed by atoms with Crippen molar-refractivity contribution in [1.82, 2.24) is 19.0 Å². The normalized spacial score (nSPS) is 27.5. The Morgan fingerprint density at radius 3 is 2.72 bits per heavy atom. The van der Waals surface area contributed by atoms with Crippen molar-refractivity contribution >= 4 is 15.9 Å². The second-order valence-electron chi connectivity index (χ2n) is 7.34. The van der Waals surface area contributed by atoms with Crippen LogP contribution in [-0.4, -0.2) is 79.5 Å². The van der Waals surface area contributed by atoms with Crippen molar-refractivity contribution in [2.75, 3.05) is 46.2 Å². The van der Waals surface area contributed by atoms with Gasteiger partial charge in [0.1, 0.15) is 0 Å². The van der Waals surface area contributed by atoms with Crippen molar-refractivity contribution in [1.29, 1.82) is 0 Å². The molecule has 9 heteroatoms. The largest absolute Gasteiger partial charge is 0.384 e. The Hall–Kier alpha value is -1.45. The Labute approximate surface area is 148 Å². The van der Waals surface area contributed by atoms with Crippen molar-refractivity contribution in [3.05, 3.63) is 17.5 Å². The topological polar surface area (TPSA) is 84.7 Å². The molecule has 0 aromatic carbocycles. The van der Waals surface area contributed by atoms with Gasteiger partial charge in [-0.25, -0.2) is 12.7 Å². The molecule has 2 atom stereocenters. The maximum Gasteiger partial charge on any atom is 0.274 e. The molecule has 2 aliphatic rings. The molecule has 0 aliphatic carbocycles.